The number of rotatable bonds is 12. The molecule has 2 saturated heterocycles. The van der Waals surface area contributed by atoms with Crippen LogP contribution in [-0.4, -0.2) is 103 Å². The van der Waals surface area contributed by atoms with Gasteiger partial charge in [-0.15, -0.1) is 0 Å². The molecule has 3 aromatic rings. The summed E-state index contributed by atoms with van der Waals surface area (Å²) in [5.74, 6) is -0.283. The van der Waals surface area contributed by atoms with Crippen molar-refractivity contribution in [2.75, 3.05) is 44.7 Å². The number of piperidine rings is 1. The van der Waals surface area contributed by atoms with Crippen molar-refractivity contribution in [3.8, 4) is 17.6 Å². The maximum absolute atomic E-state index is 12.9. The van der Waals surface area contributed by atoms with Gasteiger partial charge in [0.15, 0.2) is 6.29 Å². The fraction of sp³-hybridized carbons (Fsp3) is 0.455. The van der Waals surface area contributed by atoms with E-state index >= 15 is 0 Å². The second kappa shape index (κ2) is 19.5. The number of amides is 5. The molecule has 1 atom stereocenters. The largest absolute Gasteiger partial charge is 0.494 e. The van der Waals surface area contributed by atoms with Crippen LogP contribution in [0, 0.1) is 22.2 Å². The van der Waals surface area contributed by atoms with E-state index in [4.69, 9.17) is 26.3 Å². The first-order valence-corrected chi connectivity index (χ1v) is 20.4. The van der Waals surface area contributed by atoms with E-state index in [1.165, 1.54) is 25.4 Å². The highest BCUT2D eigenvalue weighted by Gasteiger charge is 2.55. The number of aldehydes is 1. The van der Waals surface area contributed by atoms with Gasteiger partial charge >= 0.3 is 0 Å². The number of aromatic nitrogens is 1. The first kappa shape index (κ1) is 45.2. The van der Waals surface area contributed by atoms with Crippen LogP contribution in [0.15, 0.2) is 54.7 Å². The molecule has 1 saturated carbocycles. The smallest absolute Gasteiger partial charge is 0.262 e. The number of halogens is 1. The molecule has 15 nitrogen and oxygen atoms in total. The first-order valence-electron chi connectivity index (χ1n) is 20.0. The Kier molecular flexibility index (Phi) is 14.7. The van der Waals surface area contributed by atoms with E-state index in [9.17, 15) is 28.8 Å². The molecule has 4 heterocycles. The van der Waals surface area contributed by atoms with Gasteiger partial charge in [-0.1, -0.05) is 39.3 Å². The van der Waals surface area contributed by atoms with Crippen LogP contribution >= 0.6 is 11.6 Å². The summed E-state index contributed by atoms with van der Waals surface area (Å²) in [5.41, 5.74) is 6.23. The van der Waals surface area contributed by atoms with E-state index in [0.29, 0.717) is 54.0 Å². The van der Waals surface area contributed by atoms with Gasteiger partial charge in [-0.2, -0.15) is 5.26 Å². The van der Waals surface area contributed by atoms with Crippen LogP contribution in [0.2, 0.25) is 5.02 Å². The number of nitriles is 1. The topological polar surface area (TPSA) is 205 Å². The number of carbonyl (C=O) groups excluding carboxylic acids is 6. The molecule has 1 aliphatic carbocycles. The third-order valence-corrected chi connectivity index (χ3v) is 11.3. The zero-order valence-electron chi connectivity index (χ0n) is 34.7. The van der Waals surface area contributed by atoms with E-state index in [-0.39, 0.29) is 53.4 Å². The van der Waals surface area contributed by atoms with Gasteiger partial charge in [-0.25, -0.2) is 4.98 Å². The number of piperazine rings is 1. The average molecular weight is 842 g/mol. The van der Waals surface area contributed by atoms with Crippen molar-refractivity contribution >= 4 is 53.2 Å². The molecule has 318 valence electrons. The first-order chi connectivity index (χ1) is 28.6. The zero-order chi connectivity index (χ0) is 43.8. The molecule has 2 aromatic carbocycles. The number of fused-ring (bicyclic) bond motifs is 1. The summed E-state index contributed by atoms with van der Waals surface area (Å²) in [4.78, 5) is 81.7. The maximum Gasteiger partial charge on any atom is 0.262 e. The molecule has 0 spiro atoms. The molecule has 16 heteroatoms. The van der Waals surface area contributed by atoms with Crippen molar-refractivity contribution < 1.29 is 38.2 Å². The van der Waals surface area contributed by atoms with Gasteiger partial charge in [-0.3, -0.25) is 39.0 Å². The molecule has 5 amide bonds. The van der Waals surface area contributed by atoms with Gasteiger partial charge in [0.1, 0.15) is 35.5 Å². The van der Waals surface area contributed by atoms with Crippen LogP contribution < -0.4 is 25.4 Å². The summed E-state index contributed by atoms with van der Waals surface area (Å²) in [7, 11) is 1.50. The number of nitrogens with one attached hydrogen (secondary N) is 1. The van der Waals surface area contributed by atoms with E-state index in [2.05, 4.69) is 43.7 Å². The molecule has 1 aromatic heterocycles. The lowest BCUT2D eigenvalue weighted by molar-refractivity contribution is -0.136. The number of anilines is 1. The van der Waals surface area contributed by atoms with Gasteiger partial charge in [0.05, 0.1) is 34.9 Å². The summed E-state index contributed by atoms with van der Waals surface area (Å²) < 4.78 is 11.9. The quantitative estimate of drug-likeness (QED) is 0.138. The monoisotopic (exact) mass is 841 g/mol. The normalized spacial score (nSPS) is 19.1. The Balaban J connectivity index is 0.000000285. The fourth-order valence-corrected chi connectivity index (χ4v) is 8.72. The average Bonchev–Trinajstić information content (AvgIpc) is 3.47. The molecule has 4 aliphatic rings. The van der Waals surface area contributed by atoms with E-state index in [1.54, 1.807) is 30.3 Å². The van der Waals surface area contributed by atoms with Crippen molar-refractivity contribution in [2.24, 2.45) is 16.6 Å². The summed E-state index contributed by atoms with van der Waals surface area (Å²) in [6, 6.07) is 14.4. The third kappa shape index (κ3) is 10.3. The van der Waals surface area contributed by atoms with E-state index in [1.807, 2.05) is 21.9 Å². The highest BCUT2D eigenvalue weighted by atomic mass is 35.5. The number of nitrogens with two attached hydrogens (primary N) is 1. The lowest BCUT2D eigenvalue weighted by atomic mass is 9.53. The minimum atomic E-state index is -1.00. The van der Waals surface area contributed by atoms with Crippen LogP contribution in [-0.2, 0) is 14.4 Å². The van der Waals surface area contributed by atoms with Crippen molar-refractivity contribution in [1.29, 1.82) is 5.26 Å². The number of hydrogen-bond acceptors (Lipinski definition) is 12. The predicted octanol–water partition coefficient (Wildman–Crippen LogP) is 5.18. The maximum atomic E-state index is 12.9. The molecular formula is C44H52ClN7O8. The van der Waals surface area contributed by atoms with E-state index in [0.717, 1.165) is 42.6 Å². The van der Waals surface area contributed by atoms with Gasteiger partial charge in [0.25, 0.3) is 11.8 Å². The Labute approximate surface area is 355 Å². The number of imide groups is 2. The molecule has 3 fully saturated rings. The molecule has 3 N–H and O–H groups in total. The van der Waals surface area contributed by atoms with Crippen LogP contribution in [0.25, 0.3) is 0 Å². The second-order valence-electron chi connectivity index (χ2n) is 16.3. The molecule has 60 heavy (non-hydrogen) atoms. The van der Waals surface area contributed by atoms with Crippen LogP contribution in [0.4, 0.5) is 5.82 Å². The van der Waals surface area contributed by atoms with Crippen molar-refractivity contribution in [2.45, 2.75) is 78.4 Å². The number of hydrogen-bond donors (Lipinski definition) is 2. The highest BCUT2D eigenvalue weighted by molar-refractivity contribution is 6.31. The van der Waals surface area contributed by atoms with Crippen LogP contribution in [0.1, 0.15) is 103 Å². The van der Waals surface area contributed by atoms with Crippen molar-refractivity contribution in [1.82, 2.24) is 20.1 Å². The minimum absolute atomic E-state index is 0.0347. The number of pyridine rings is 1. The molecular weight excluding hydrogens is 790 g/mol. The van der Waals surface area contributed by atoms with Crippen LogP contribution in [0.5, 0.6) is 11.5 Å². The Morgan fingerprint density at radius 3 is 2.27 bits per heavy atom. The Morgan fingerprint density at radius 1 is 0.933 bits per heavy atom. The van der Waals surface area contributed by atoms with E-state index < -0.39 is 29.7 Å². The molecule has 0 bridgehead atoms. The standard InChI is InChI=1S/C28H29N5O7.C15H18ClNO.CH5N/c34-17-18-4-8-23(29-15-18)32-12-11-31(25(36)16-32)10-2-1-3-13-40-19-5-6-20-21(14-19)28(39)33(27(20)38)22-7-9-24(35)30-26(22)37;1-14(2)9-15(3,4)13(14)18-11-6-5-10(8-17)12(16)7-11;1-2/h4-6,8,14-15,17,22H,1-3,7,9-13,16H2,(H,30,35,37);5-7,13H,9H2,1-4H3;2H2,1H3. The summed E-state index contributed by atoms with van der Waals surface area (Å²) in [5, 5.41) is 11.5. The number of benzene rings is 2. The SMILES string of the molecule is CC1(C)CC(C)(C)C1Oc1ccc(C#N)c(Cl)c1.CN.O=Cc1ccc(N2CCN(CCCCCOc3ccc4c(c3)C(=O)N(C3CCC(=O)NC3=O)C4=O)C(=O)C2)nc1. The molecule has 0 radical (unpaired) electrons. The van der Waals surface area contributed by atoms with Gasteiger partial charge in [0, 0.05) is 54.7 Å². The van der Waals surface area contributed by atoms with Crippen molar-refractivity contribution in [3.05, 3.63) is 82.0 Å². The van der Waals surface area contributed by atoms with Gasteiger partial charge < -0.3 is 25.0 Å². The Morgan fingerprint density at radius 2 is 1.65 bits per heavy atom. The summed E-state index contributed by atoms with van der Waals surface area (Å²) in [6.45, 7) is 11.4. The lowest BCUT2D eigenvalue weighted by Crippen LogP contribution is -2.58. The molecule has 3 aliphatic heterocycles. The predicted molar refractivity (Wildman–Crippen MR) is 224 cm³/mol. The zero-order valence-corrected chi connectivity index (χ0v) is 35.4. The van der Waals surface area contributed by atoms with Crippen LogP contribution in [0.3, 0.4) is 0 Å². The summed E-state index contributed by atoms with van der Waals surface area (Å²) >= 11 is 6.01. The Bertz CT molecular complexity index is 2140. The number of nitrogens with zero attached hydrogens (tertiary/aromatic N) is 5. The van der Waals surface area contributed by atoms with Crippen molar-refractivity contribution in [3.63, 3.8) is 0 Å². The number of ether oxygens (including phenoxy) is 2. The molecule has 1 unspecified atom stereocenters. The third-order valence-electron chi connectivity index (χ3n) is 10.9. The lowest BCUT2D eigenvalue weighted by Gasteiger charge is -2.56. The fourth-order valence-electron chi connectivity index (χ4n) is 8.51. The molecule has 7 rings (SSSR count). The summed E-state index contributed by atoms with van der Waals surface area (Å²) in [6.07, 6.45) is 6.13. The highest BCUT2D eigenvalue weighted by Crippen LogP contribution is 2.55. The number of unbranched alkanes of at least 4 members (excludes halogenated alkanes) is 2. The second-order valence-corrected chi connectivity index (χ2v) is 16.7. The van der Waals surface area contributed by atoms with Gasteiger partial charge in [-0.05, 0) is 81.6 Å². The van der Waals surface area contributed by atoms with Gasteiger partial charge in [0.2, 0.25) is 17.7 Å². The number of carbonyl (C=O) groups is 6. The Hall–Kier alpha value is -5.85. The minimum Gasteiger partial charge on any atom is -0.494 e.